The summed E-state index contributed by atoms with van der Waals surface area (Å²) >= 11 is 0. The highest BCUT2D eigenvalue weighted by Gasteiger charge is 2.13. The fourth-order valence-corrected chi connectivity index (χ4v) is 1.57. The molecule has 0 aromatic carbocycles. The monoisotopic (exact) mass is 192 g/mol. The Kier molecular flexibility index (Phi) is 2.18. The molecule has 0 saturated carbocycles. The van der Waals surface area contributed by atoms with Crippen LogP contribution in [0.25, 0.3) is 0 Å². The first-order valence-corrected chi connectivity index (χ1v) is 4.85. The zero-order valence-corrected chi connectivity index (χ0v) is 7.60. The van der Waals surface area contributed by atoms with Crippen LogP contribution in [0, 0.1) is 6.92 Å². The van der Waals surface area contributed by atoms with Gasteiger partial charge in [0, 0.05) is 13.2 Å². The van der Waals surface area contributed by atoms with Gasteiger partial charge in [-0.05, 0) is 12.5 Å². The van der Waals surface area contributed by atoms with E-state index in [1.807, 2.05) is 0 Å². The van der Waals surface area contributed by atoms with E-state index >= 15 is 0 Å². The van der Waals surface area contributed by atoms with Crippen molar-refractivity contribution in [2.45, 2.75) is 12.7 Å². The molecule has 1 heterocycles. The van der Waals surface area contributed by atoms with Crippen molar-refractivity contribution in [2.75, 3.05) is 0 Å². The summed E-state index contributed by atoms with van der Waals surface area (Å²) in [5, 5.41) is 3.79. The van der Waals surface area contributed by atoms with Gasteiger partial charge in [0.15, 0.2) is 0 Å². The molecule has 0 amide bonds. The molecule has 0 spiro atoms. The van der Waals surface area contributed by atoms with Gasteiger partial charge in [0.25, 0.3) is 0 Å². The Bertz CT molecular complexity index is 382. The van der Waals surface area contributed by atoms with Crippen LogP contribution in [0.15, 0.2) is 6.20 Å². The van der Waals surface area contributed by atoms with Crippen LogP contribution in [0.2, 0.25) is 0 Å². The third-order valence-corrected chi connectivity index (χ3v) is 2.04. The van der Waals surface area contributed by atoms with Crippen LogP contribution in [0.4, 0.5) is 3.89 Å². The largest absolute Gasteiger partial charge is 0.308 e. The molecule has 0 aliphatic rings. The average molecular weight is 192 g/mol. The summed E-state index contributed by atoms with van der Waals surface area (Å²) in [7, 11) is -2.81. The average Bonchev–Trinajstić information content (AvgIpc) is 2.06. The fourth-order valence-electron chi connectivity index (χ4n) is 0.959. The second-order valence-electron chi connectivity index (χ2n) is 2.62. The van der Waals surface area contributed by atoms with Gasteiger partial charge in [-0.1, -0.05) is 0 Å². The predicted octanol–water partition coefficient (Wildman–Crippen LogP) is 0.528. The highest BCUT2D eigenvalue weighted by molar-refractivity contribution is 7.85. The normalized spacial score (nSPS) is 11.9. The predicted molar refractivity (Wildman–Crippen MR) is 41.7 cm³/mol. The van der Waals surface area contributed by atoms with Gasteiger partial charge < -0.3 is 0 Å². The molecule has 12 heavy (non-hydrogen) atoms. The first kappa shape index (κ1) is 9.18. The lowest BCUT2D eigenvalue weighted by molar-refractivity contribution is 0.549. The van der Waals surface area contributed by atoms with Crippen LogP contribution in [0.5, 0.6) is 0 Å². The molecular weight excluding hydrogens is 183 g/mol. The maximum atomic E-state index is 12.2. The minimum Gasteiger partial charge on any atom is -0.275 e. The molecule has 0 atom stereocenters. The van der Waals surface area contributed by atoms with Gasteiger partial charge in [-0.3, -0.25) is 4.68 Å². The standard InChI is InChI=1S/C6H9FN2O2S/c1-5-3-9(2)8-6(5)4-12(7,10)11/h3H,4H2,1-2H3. The second-order valence-corrected chi connectivity index (χ2v) is 3.98. The lowest BCUT2D eigenvalue weighted by atomic mass is 10.3. The van der Waals surface area contributed by atoms with Crippen molar-refractivity contribution in [3.63, 3.8) is 0 Å². The van der Waals surface area contributed by atoms with Crippen LogP contribution < -0.4 is 0 Å². The Labute approximate surface area is 70.2 Å². The quantitative estimate of drug-likeness (QED) is 0.642. The maximum absolute atomic E-state index is 12.2. The zero-order valence-electron chi connectivity index (χ0n) is 6.78. The molecule has 0 radical (unpaired) electrons. The molecule has 1 aromatic rings. The van der Waals surface area contributed by atoms with Crippen LogP contribution in [0.1, 0.15) is 11.3 Å². The number of aromatic nitrogens is 2. The molecule has 0 aliphatic carbocycles. The van der Waals surface area contributed by atoms with E-state index in [2.05, 4.69) is 5.10 Å². The number of halogens is 1. The molecule has 0 bridgehead atoms. The number of aryl methyl sites for hydroxylation is 2. The summed E-state index contributed by atoms with van der Waals surface area (Å²) in [6.07, 6.45) is 1.64. The molecule has 4 nitrogen and oxygen atoms in total. The van der Waals surface area contributed by atoms with Crippen molar-refractivity contribution in [2.24, 2.45) is 7.05 Å². The topological polar surface area (TPSA) is 52.0 Å². The summed E-state index contributed by atoms with van der Waals surface area (Å²) in [6.45, 7) is 1.69. The van der Waals surface area contributed by atoms with E-state index in [0.29, 0.717) is 5.56 Å². The molecule has 6 heteroatoms. The van der Waals surface area contributed by atoms with Gasteiger partial charge in [0.1, 0.15) is 5.75 Å². The van der Waals surface area contributed by atoms with E-state index in [1.54, 1.807) is 20.2 Å². The van der Waals surface area contributed by atoms with Crippen molar-refractivity contribution in [1.82, 2.24) is 9.78 Å². The number of hydrogen-bond acceptors (Lipinski definition) is 3. The third kappa shape index (κ3) is 2.30. The summed E-state index contributed by atoms with van der Waals surface area (Å²) in [5.41, 5.74) is 0.943. The Morgan fingerprint density at radius 1 is 1.67 bits per heavy atom. The first-order chi connectivity index (χ1) is 5.38. The van der Waals surface area contributed by atoms with Gasteiger partial charge in [0.05, 0.1) is 5.69 Å². The SMILES string of the molecule is Cc1cn(C)nc1CS(=O)(=O)F. The van der Waals surface area contributed by atoms with E-state index < -0.39 is 16.0 Å². The van der Waals surface area contributed by atoms with Crippen molar-refractivity contribution in [3.05, 3.63) is 17.5 Å². The van der Waals surface area contributed by atoms with Gasteiger partial charge >= 0.3 is 10.2 Å². The maximum Gasteiger partial charge on any atom is 0.308 e. The number of rotatable bonds is 2. The molecule has 68 valence electrons. The lowest BCUT2D eigenvalue weighted by Crippen LogP contribution is -1.99. The minimum atomic E-state index is -4.46. The van der Waals surface area contributed by atoms with Crippen LogP contribution >= 0.6 is 0 Å². The first-order valence-electron chi connectivity index (χ1n) is 3.30. The highest BCUT2D eigenvalue weighted by Crippen LogP contribution is 2.09. The third-order valence-electron chi connectivity index (χ3n) is 1.42. The van der Waals surface area contributed by atoms with Crippen LogP contribution in [-0.2, 0) is 23.0 Å². The van der Waals surface area contributed by atoms with Gasteiger partial charge in [-0.2, -0.15) is 13.5 Å². The number of hydrogen-bond donors (Lipinski definition) is 0. The van der Waals surface area contributed by atoms with E-state index in [0.717, 1.165) is 0 Å². The molecule has 0 fully saturated rings. The Morgan fingerprint density at radius 3 is 2.58 bits per heavy atom. The summed E-state index contributed by atoms with van der Waals surface area (Å²) in [4.78, 5) is 0. The summed E-state index contributed by atoms with van der Waals surface area (Å²) in [6, 6.07) is 0. The van der Waals surface area contributed by atoms with E-state index in [4.69, 9.17) is 0 Å². The highest BCUT2D eigenvalue weighted by atomic mass is 32.3. The lowest BCUT2D eigenvalue weighted by Gasteiger charge is -1.91. The number of nitrogens with zero attached hydrogens (tertiary/aromatic N) is 2. The summed E-state index contributed by atoms with van der Waals surface area (Å²) < 4.78 is 34.1. The molecular formula is C6H9FN2O2S. The van der Waals surface area contributed by atoms with Crippen molar-refractivity contribution in [3.8, 4) is 0 Å². The molecule has 0 unspecified atom stereocenters. The molecule has 1 aromatic heterocycles. The zero-order chi connectivity index (χ0) is 9.35. The van der Waals surface area contributed by atoms with E-state index in [-0.39, 0.29) is 5.69 Å². The van der Waals surface area contributed by atoms with Gasteiger partial charge in [0.2, 0.25) is 0 Å². The minimum absolute atomic E-state index is 0.264. The van der Waals surface area contributed by atoms with E-state index in [1.165, 1.54) is 4.68 Å². The Morgan fingerprint density at radius 2 is 2.25 bits per heavy atom. The summed E-state index contributed by atoms with van der Waals surface area (Å²) in [5.74, 6) is -0.639. The van der Waals surface area contributed by atoms with Crippen LogP contribution in [-0.4, -0.2) is 18.2 Å². The van der Waals surface area contributed by atoms with Gasteiger partial charge in [-0.15, -0.1) is 3.89 Å². The Balaban J connectivity index is 2.97. The van der Waals surface area contributed by atoms with Crippen molar-refractivity contribution in [1.29, 1.82) is 0 Å². The van der Waals surface area contributed by atoms with Crippen molar-refractivity contribution >= 4 is 10.2 Å². The second kappa shape index (κ2) is 2.85. The Hall–Kier alpha value is -0.910. The smallest absolute Gasteiger partial charge is 0.275 e. The molecule has 0 aliphatic heterocycles. The fraction of sp³-hybridized carbons (Fsp3) is 0.500. The molecule has 0 N–H and O–H groups in total. The van der Waals surface area contributed by atoms with E-state index in [9.17, 15) is 12.3 Å². The van der Waals surface area contributed by atoms with Crippen molar-refractivity contribution < 1.29 is 12.3 Å². The molecule has 1 rings (SSSR count). The van der Waals surface area contributed by atoms with Crippen LogP contribution in [0.3, 0.4) is 0 Å². The van der Waals surface area contributed by atoms with Gasteiger partial charge in [-0.25, -0.2) is 0 Å². The molecule has 0 saturated heterocycles.